The first-order valence-electron chi connectivity index (χ1n) is 8.15. The van der Waals surface area contributed by atoms with Gasteiger partial charge >= 0.3 is 6.09 Å². The highest BCUT2D eigenvalue weighted by atomic mass is 35.5. The molecule has 2 unspecified atom stereocenters. The molecule has 8 nitrogen and oxygen atoms in total. The molecule has 0 aromatic rings. The fourth-order valence-corrected chi connectivity index (χ4v) is 3.57. The molecule has 0 aromatic heterocycles. The number of nitrogens with one attached hydrogen (secondary N) is 3. The number of nitrogens with two attached hydrogens (primary N) is 1. The number of ether oxygens (including phenoxy) is 1. The minimum absolute atomic E-state index is 0. The van der Waals surface area contributed by atoms with Crippen LogP contribution < -0.4 is 21.7 Å². The zero-order chi connectivity index (χ0) is 18.9. The van der Waals surface area contributed by atoms with E-state index in [9.17, 15) is 14.4 Å². The zero-order valence-corrected chi connectivity index (χ0v) is 17.8. The standard InChI is InChI=1S/C10H18N2O3S.C5H10N2OS.ClH/c1-10(2,3)15-9(14)12-7-6-16-5-4-11-8(7)13;6-4-3-9-2-1-7-5(4)8;/h7H,4-6H2,1-3H3,(H,11,13)(H,12,14);4H,1-3,6H2,(H,7,8);1H. The second kappa shape index (κ2) is 12.5. The van der Waals surface area contributed by atoms with Crippen LogP contribution in [0.1, 0.15) is 20.8 Å². The number of carbonyl (C=O) groups excluding carboxylic acids is 3. The van der Waals surface area contributed by atoms with E-state index in [0.717, 1.165) is 23.8 Å². The number of alkyl carbamates (subject to hydrolysis) is 1. The minimum atomic E-state index is -0.546. The number of hydrogen-bond acceptors (Lipinski definition) is 7. The van der Waals surface area contributed by atoms with Crippen molar-refractivity contribution in [2.75, 3.05) is 36.1 Å². The monoisotopic (exact) mass is 428 g/mol. The van der Waals surface area contributed by atoms with Crippen LogP contribution in [0.25, 0.3) is 0 Å². The zero-order valence-electron chi connectivity index (χ0n) is 15.3. The number of hydrogen-bond donors (Lipinski definition) is 4. The van der Waals surface area contributed by atoms with Gasteiger partial charge in [0.1, 0.15) is 11.6 Å². The van der Waals surface area contributed by atoms with Crippen molar-refractivity contribution in [3.8, 4) is 0 Å². The number of carbonyl (C=O) groups is 3. The van der Waals surface area contributed by atoms with Gasteiger partial charge in [0.05, 0.1) is 6.04 Å². The minimum Gasteiger partial charge on any atom is -0.444 e. The lowest BCUT2D eigenvalue weighted by Crippen LogP contribution is -2.48. The highest BCUT2D eigenvalue weighted by Gasteiger charge is 2.25. The Morgan fingerprint density at radius 1 is 1.12 bits per heavy atom. The van der Waals surface area contributed by atoms with Gasteiger partial charge < -0.3 is 26.4 Å². The molecule has 26 heavy (non-hydrogen) atoms. The molecule has 11 heteroatoms. The lowest BCUT2D eigenvalue weighted by atomic mass is 10.2. The van der Waals surface area contributed by atoms with E-state index < -0.39 is 17.7 Å². The molecule has 2 heterocycles. The van der Waals surface area contributed by atoms with E-state index in [1.807, 2.05) is 0 Å². The summed E-state index contributed by atoms with van der Waals surface area (Å²) in [5.74, 6) is 3.05. The molecule has 0 bridgehead atoms. The Balaban J connectivity index is 0.000000532. The fraction of sp³-hybridized carbons (Fsp3) is 0.800. The van der Waals surface area contributed by atoms with E-state index in [0.29, 0.717) is 12.3 Å². The SMILES string of the molecule is CC(C)(C)OC(=O)NC1CSCCNC1=O.Cl.NC1CSCCNC1=O. The largest absolute Gasteiger partial charge is 0.444 e. The highest BCUT2D eigenvalue weighted by Crippen LogP contribution is 2.09. The third kappa shape index (κ3) is 11.0. The molecule has 2 rings (SSSR count). The van der Waals surface area contributed by atoms with Gasteiger partial charge in [0, 0.05) is 36.1 Å². The second-order valence-corrected chi connectivity index (χ2v) is 8.84. The molecule has 2 aliphatic heterocycles. The first-order valence-corrected chi connectivity index (χ1v) is 10.5. The maximum atomic E-state index is 11.5. The van der Waals surface area contributed by atoms with Crippen LogP contribution in [0.5, 0.6) is 0 Å². The molecule has 2 aliphatic rings. The van der Waals surface area contributed by atoms with E-state index in [2.05, 4.69) is 16.0 Å². The van der Waals surface area contributed by atoms with Crippen LogP contribution in [-0.2, 0) is 14.3 Å². The highest BCUT2D eigenvalue weighted by molar-refractivity contribution is 7.99. The van der Waals surface area contributed by atoms with Crippen LogP contribution in [0.15, 0.2) is 0 Å². The van der Waals surface area contributed by atoms with Crippen molar-refractivity contribution in [2.45, 2.75) is 38.5 Å². The van der Waals surface area contributed by atoms with Crippen molar-refractivity contribution in [2.24, 2.45) is 5.73 Å². The van der Waals surface area contributed by atoms with Crippen LogP contribution >= 0.6 is 35.9 Å². The summed E-state index contributed by atoms with van der Waals surface area (Å²) in [5, 5.41) is 8.01. The summed E-state index contributed by atoms with van der Waals surface area (Å²) >= 11 is 3.35. The topological polar surface area (TPSA) is 123 Å². The van der Waals surface area contributed by atoms with E-state index >= 15 is 0 Å². The molecule has 0 aliphatic carbocycles. The maximum absolute atomic E-state index is 11.5. The number of halogens is 1. The van der Waals surface area contributed by atoms with Gasteiger partial charge in [-0.3, -0.25) is 9.59 Å². The first kappa shape index (κ1) is 25.2. The van der Waals surface area contributed by atoms with Crippen LogP contribution in [0.2, 0.25) is 0 Å². The summed E-state index contributed by atoms with van der Waals surface area (Å²) in [6.07, 6.45) is -0.546. The molecule has 2 atom stereocenters. The molecule has 0 saturated carbocycles. The first-order chi connectivity index (χ1) is 11.7. The molecule has 0 spiro atoms. The Morgan fingerprint density at radius 3 is 2.23 bits per heavy atom. The summed E-state index contributed by atoms with van der Waals surface area (Å²) in [6, 6.07) is -0.792. The van der Waals surface area contributed by atoms with Gasteiger partial charge in [-0.2, -0.15) is 23.5 Å². The van der Waals surface area contributed by atoms with E-state index in [-0.39, 0.29) is 30.3 Å². The van der Waals surface area contributed by atoms with Crippen LogP contribution in [0, 0.1) is 0 Å². The smallest absolute Gasteiger partial charge is 0.408 e. The van der Waals surface area contributed by atoms with Crippen molar-refractivity contribution < 1.29 is 19.1 Å². The number of rotatable bonds is 1. The third-order valence-corrected chi connectivity index (χ3v) is 5.17. The summed E-state index contributed by atoms with van der Waals surface area (Å²) < 4.78 is 5.09. The average Bonchev–Trinajstić information content (AvgIpc) is 2.80. The van der Waals surface area contributed by atoms with Crippen molar-refractivity contribution in [3.05, 3.63) is 0 Å². The molecule has 2 saturated heterocycles. The van der Waals surface area contributed by atoms with E-state index in [1.165, 1.54) is 0 Å². The van der Waals surface area contributed by atoms with Crippen molar-refractivity contribution >= 4 is 53.8 Å². The van der Waals surface area contributed by atoms with Gasteiger partial charge in [-0.1, -0.05) is 0 Å². The molecule has 152 valence electrons. The van der Waals surface area contributed by atoms with E-state index in [4.69, 9.17) is 10.5 Å². The van der Waals surface area contributed by atoms with Gasteiger partial charge in [-0.05, 0) is 20.8 Å². The molecule has 3 amide bonds. The van der Waals surface area contributed by atoms with Crippen molar-refractivity contribution in [3.63, 3.8) is 0 Å². The predicted octanol–water partition coefficient (Wildman–Crippen LogP) is 0.341. The maximum Gasteiger partial charge on any atom is 0.408 e. The summed E-state index contributed by atoms with van der Waals surface area (Å²) in [6.45, 7) is 6.77. The lowest BCUT2D eigenvalue weighted by molar-refractivity contribution is -0.122. The van der Waals surface area contributed by atoms with Crippen molar-refractivity contribution in [1.82, 2.24) is 16.0 Å². The second-order valence-electron chi connectivity index (χ2n) is 6.54. The lowest BCUT2D eigenvalue weighted by Gasteiger charge is -2.22. The molecule has 0 aromatic carbocycles. The Bertz CT molecular complexity index is 477. The van der Waals surface area contributed by atoms with Crippen molar-refractivity contribution in [1.29, 1.82) is 0 Å². The fourth-order valence-electron chi connectivity index (χ4n) is 1.87. The van der Waals surface area contributed by atoms with E-state index in [1.54, 1.807) is 44.3 Å². The van der Waals surface area contributed by atoms with Crippen LogP contribution in [-0.4, -0.2) is 71.7 Å². The molecular weight excluding hydrogens is 400 g/mol. The van der Waals surface area contributed by atoms with Crippen LogP contribution in [0.4, 0.5) is 4.79 Å². The Hall–Kier alpha value is -0.840. The molecule has 2 fully saturated rings. The predicted molar refractivity (Wildman–Crippen MR) is 109 cm³/mol. The van der Waals surface area contributed by atoms with Gasteiger partial charge in [-0.15, -0.1) is 12.4 Å². The molecule has 0 radical (unpaired) electrons. The van der Waals surface area contributed by atoms with Crippen LogP contribution in [0.3, 0.4) is 0 Å². The Labute approximate surface area is 169 Å². The summed E-state index contributed by atoms with van der Waals surface area (Å²) in [4.78, 5) is 33.7. The Kier molecular flexibility index (Phi) is 12.1. The summed E-state index contributed by atoms with van der Waals surface area (Å²) in [5.41, 5.74) is 4.90. The molecular formula is C15H29ClN4O4S2. The third-order valence-electron chi connectivity index (χ3n) is 3.02. The quantitative estimate of drug-likeness (QED) is 0.475. The summed E-state index contributed by atoms with van der Waals surface area (Å²) in [7, 11) is 0. The van der Waals surface area contributed by atoms with Gasteiger partial charge in [0.15, 0.2) is 0 Å². The van der Waals surface area contributed by atoms with Gasteiger partial charge in [0.25, 0.3) is 0 Å². The normalized spacial score (nSPS) is 23.5. The van der Waals surface area contributed by atoms with Gasteiger partial charge in [-0.25, -0.2) is 4.79 Å². The molecule has 5 N–H and O–H groups in total. The Morgan fingerprint density at radius 2 is 1.65 bits per heavy atom. The average molecular weight is 429 g/mol. The van der Waals surface area contributed by atoms with Gasteiger partial charge in [0.2, 0.25) is 11.8 Å². The number of thioether (sulfide) groups is 2. The number of amides is 3.